The first-order chi connectivity index (χ1) is 19.3. The van der Waals surface area contributed by atoms with E-state index in [9.17, 15) is 22.6 Å². The van der Waals surface area contributed by atoms with Gasteiger partial charge in [-0.1, -0.05) is 155 Å². The standard InChI is InChI=1S/C32H62O7S.2Na.2H/c1-3-5-7-9-11-13-15-17-19-21-23-25-27-38-31(33)29-30(40(35,36)37)32(34)39-28-26-24-22-20-18-16-14-12-10-8-6-4-2;;;;/h30H,3-29H2,1-2H3,(H,35,36,37);;;;/q;2*+1;2*-1. The second-order valence-electron chi connectivity index (χ2n) is 11.4. The van der Waals surface area contributed by atoms with Crippen molar-refractivity contribution in [3.8, 4) is 0 Å². The average molecular weight is 639 g/mol. The van der Waals surface area contributed by atoms with E-state index in [1.165, 1.54) is 109 Å². The molecule has 1 N–H and O–H groups in total. The first-order valence-electron chi connectivity index (χ1n) is 16.6. The average Bonchev–Trinajstić information content (AvgIpc) is 2.91. The normalized spacial score (nSPS) is 11.8. The summed E-state index contributed by atoms with van der Waals surface area (Å²) in [7, 11) is -4.76. The van der Waals surface area contributed by atoms with E-state index < -0.39 is 33.7 Å². The molecule has 0 saturated heterocycles. The molecule has 0 aromatic carbocycles. The number of carbonyl (C=O) groups is 2. The maximum absolute atomic E-state index is 12.2. The molecule has 0 heterocycles. The molecule has 0 aromatic heterocycles. The van der Waals surface area contributed by atoms with E-state index in [-0.39, 0.29) is 75.2 Å². The molecule has 0 aliphatic rings. The Morgan fingerprint density at radius 2 is 0.833 bits per heavy atom. The number of hydrogen-bond donors (Lipinski definition) is 1. The van der Waals surface area contributed by atoms with Crippen LogP contribution >= 0.6 is 0 Å². The van der Waals surface area contributed by atoms with Gasteiger partial charge in [0.05, 0.1) is 19.6 Å². The molecule has 1 unspecified atom stereocenters. The SMILES string of the molecule is CCCCCCCCCCCCCCOC(=O)CC(C(=O)OCCCCCCCCCCCCCC)S(=O)(=O)O.[H-].[H-].[Na+].[Na+]. The minimum absolute atomic E-state index is 0. The van der Waals surface area contributed by atoms with Crippen molar-refractivity contribution in [2.75, 3.05) is 13.2 Å². The van der Waals surface area contributed by atoms with Crippen LogP contribution in [0.2, 0.25) is 0 Å². The number of hydrogen-bond acceptors (Lipinski definition) is 6. The summed E-state index contributed by atoms with van der Waals surface area (Å²) in [6, 6.07) is 0. The minimum Gasteiger partial charge on any atom is -1.00 e. The third kappa shape index (κ3) is 32.2. The molecule has 0 fully saturated rings. The fourth-order valence-electron chi connectivity index (χ4n) is 4.86. The number of ether oxygens (including phenoxy) is 2. The third-order valence-electron chi connectivity index (χ3n) is 7.48. The number of carbonyl (C=O) groups excluding carboxylic acids is 2. The molecule has 0 radical (unpaired) electrons. The first kappa shape index (κ1) is 47.3. The van der Waals surface area contributed by atoms with E-state index in [0.717, 1.165) is 32.1 Å². The fourth-order valence-corrected chi connectivity index (χ4v) is 5.52. The van der Waals surface area contributed by atoms with Gasteiger partial charge in [-0.2, -0.15) is 8.42 Å². The Labute approximate surface area is 306 Å². The monoisotopic (exact) mass is 638 g/mol. The van der Waals surface area contributed by atoms with Gasteiger partial charge in [-0.15, -0.1) is 0 Å². The van der Waals surface area contributed by atoms with Gasteiger partial charge in [-0.05, 0) is 12.8 Å². The Bertz CT molecular complexity index is 717. The van der Waals surface area contributed by atoms with Crippen LogP contribution in [0.4, 0.5) is 0 Å². The van der Waals surface area contributed by atoms with Crippen molar-refractivity contribution in [3.05, 3.63) is 0 Å². The second-order valence-corrected chi connectivity index (χ2v) is 13.0. The minimum atomic E-state index is -4.76. The summed E-state index contributed by atoms with van der Waals surface area (Å²) in [5, 5.41) is -1.93. The number of unbranched alkanes of at least 4 members (excludes halogenated alkanes) is 22. The van der Waals surface area contributed by atoms with Crippen LogP contribution in [0.25, 0.3) is 0 Å². The molecule has 42 heavy (non-hydrogen) atoms. The van der Waals surface area contributed by atoms with Crippen molar-refractivity contribution < 1.29 is 94.0 Å². The molecule has 0 spiro atoms. The predicted octanol–water partition coefficient (Wildman–Crippen LogP) is 3.35. The van der Waals surface area contributed by atoms with E-state index in [0.29, 0.717) is 12.8 Å². The third-order valence-corrected chi connectivity index (χ3v) is 8.56. The smallest absolute Gasteiger partial charge is 1.00 e. The van der Waals surface area contributed by atoms with Gasteiger partial charge in [-0.3, -0.25) is 14.1 Å². The van der Waals surface area contributed by atoms with E-state index in [4.69, 9.17) is 9.47 Å². The zero-order valence-electron chi connectivity index (χ0n) is 30.0. The van der Waals surface area contributed by atoms with Gasteiger partial charge in [0, 0.05) is 0 Å². The molecule has 0 saturated carbocycles. The van der Waals surface area contributed by atoms with Gasteiger partial charge in [0.1, 0.15) is 0 Å². The van der Waals surface area contributed by atoms with Crippen LogP contribution in [-0.4, -0.2) is 43.4 Å². The van der Waals surface area contributed by atoms with Crippen molar-refractivity contribution >= 4 is 22.1 Å². The largest absolute Gasteiger partial charge is 1.00 e. The topological polar surface area (TPSA) is 107 Å². The molecule has 10 heteroatoms. The van der Waals surface area contributed by atoms with Gasteiger partial charge in [0.2, 0.25) is 0 Å². The van der Waals surface area contributed by atoms with Crippen molar-refractivity contribution in [2.24, 2.45) is 0 Å². The van der Waals surface area contributed by atoms with Gasteiger partial charge >= 0.3 is 71.1 Å². The van der Waals surface area contributed by atoms with Crippen LogP contribution in [0.15, 0.2) is 0 Å². The van der Waals surface area contributed by atoms with E-state index >= 15 is 0 Å². The number of esters is 2. The maximum Gasteiger partial charge on any atom is 1.00 e. The van der Waals surface area contributed by atoms with Crippen LogP contribution in [0, 0.1) is 0 Å². The molecule has 0 rings (SSSR count). The molecule has 0 aliphatic carbocycles. The summed E-state index contributed by atoms with van der Waals surface area (Å²) in [6.45, 7) is 4.72. The molecule has 0 amide bonds. The zero-order valence-corrected chi connectivity index (χ0v) is 32.8. The Morgan fingerprint density at radius 3 is 1.14 bits per heavy atom. The Morgan fingerprint density at radius 1 is 0.548 bits per heavy atom. The van der Waals surface area contributed by atoms with Crippen LogP contribution < -0.4 is 59.1 Å². The quantitative estimate of drug-likeness (QED) is 0.0557. The maximum atomic E-state index is 12.2. The van der Waals surface area contributed by atoms with Crippen LogP contribution in [-0.2, 0) is 29.2 Å². The summed E-state index contributed by atoms with van der Waals surface area (Å²) < 4.78 is 43.0. The molecular weight excluding hydrogens is 574 g/mol. The summed E-state index contributed by atoms with van der Waals surface area (Å²) in [6.07, 6.45) is 27.6. The summed E-state index contributed by atoms with van der Waals surface area (Å²) >= 11 is 0. The van der Waals surface area contributed by atoms with Crippen molar-refractivity contribution in [3.63, 3.8) is 0 Å². The summed E-state index contributed by atoms with van der Waals surface area (Å²) in [4.78, 5) is 24.3. The fraction of sp³-hybridized carbons (Fsp3) is 0.938. The van der Waals surface area contributed by atoms with Gasteiger partial charge in [-0.25, -0.2) is 0 Å². The van der Waals surface area contributed by atoms with E-state index in [2.05, 4.69) is 13.8 Å². The summed E-state index contributed by atoms with van der Waals surface area (Å²) in [5.41, 5.74) is 0. The van der Waals surface area contributed by atoms with Crippen LogP contribution in [0.1, 0.15) is 177 Å². The first-order valence-corrected chi connectivity index (χ1v) is 18.1. The van der Waals surface area contributed by atoms with Crippen molar-refractivity contribution in [1.82, 2.24) is 0 Å². The zero-order chi connectivity index (χ0) is 29.7. The van der Waals surface area contributed by atoms with Gasteiger partial charge < -0.3 is 12.3 Å². The molecule has 1 atom stereocenters. The van der Waals surface area contributed by atoms with Gasteiger partial charge in [0.25, 0.3) is 10.1 Å². The van der Waals surface area contributed by atoms with E-state index in [1.807, 2.05) is 0 Å². The van der Waals surface area contributed by atoms with Crippen molar-refractivity contribution in [1.29, 1.82) is 0 Å². The molecule has 242 valence electrons. The Kier molecular flexibility index (Phi) is 39.1. The predicted molar refractivity (Wildman–Crippen MR) is 166 cm³/mol. The Balaban J connectivity index is -0.00000127. The molecule has 0 bridgehead atoms. The molecule has 0 aliphatic heterocycles. The van der Waals surface area contributed by atoms with Gasteiger partial charge in [0.15, 0.2) is 5.25 Å². The number of rotatable bonds is 30. The summed E-state index contributed by atoms with van der Waals surface area (Å²) in [5.74, 6) is -1.90. The second kappa shape index (κ2) is 34.7. The van der Waals surface area contributed by atoms with Crippen molar-refractivity contribution in [2.45, 2.75) is 180 Å². The van der Waals surface area contributed by atoms with Crippen LogP contribution in [0.5, 0.6) is 0 Å². The molecule has 0 aromatic rings. The molecular formula is C32H64Na2O7S. The van der Waals surface area contributed by atoms with E-state index in [1.54, 1.807) is 0 Å². The Hall–Kier alpha value is 0.850. The molecule has 7 nitrogen and oxygen atoms in total. The van der Waals surface area contributed by atoms with Crippen LogP contribution in [0.3, 0.4) is 0 Å².